The number of benzene rings is 1. The second-order valence-corrected chi connectivity index (χ2v) is 6.72. The van der Waals surface area contributed by atoms with Crippen LogP contribution < -0.4 is 10.0 Å². The summed E-state index contributed by atoms with van der Waals surface area (Å²) in [5.74, 6) is -0.146. The molecule has 6 nitrogen and oxygen atoms in total. The molecule has 2 aromatic rings. The third kappa shape index (κ3) is 3.48. The molecule has 0 spiro atoms. The molecule has 0 fully saturated rings. The fourth-order valence-corrected chi connectivity index (χ4v) is 2.90. The Morgan fingerprint density at radius 1 is 1.24 bits per heavy atom. The third-order valence-electron chi connectivity index (χ3n) is 2.67. The van der Waals surface area contributed by atoms with Crippen LogP contribution in [0.1, 0.15) is 5.56 Å². The maximum absolute atomic E-state index is 13.3. The van der Waals surface area contributed by atoms with E-state index in [1.165, 1.54) is 24.5 Å². The van der Waals surface area contributed by atoms with Gasteiger partial charge in [0.1, 0.15) is 10.7 Å². The second-order valence-electron chi connectivity index (χ2n) is 4.18. The molecule has 0 saturated carbocycles. The van der Waals surface area contributed by atoms with E-state index in [0.717, 1.165) is 0 Å². The number of hydrogen-bond donors (Lipinski definition) is 2. The highest BCUT2D eigenvalue weighted by Crippen LogP contribution is 2.26. The van der Waals surface area contributed by atoms with E-state index in [2.05, 4.69) is 35.9 Å². The average molecular weight is 375 g/mol. The van der Waals surface area contributed by atoms with E-state index in [-0.39, 0.29) is 15.1 Å². The summed E-state index contributed by atoms with van der Waals surface area (Å²) in [5, 5.41) is 2.69. The molecule has 0 amide bonds. The summed E-state index contributed by atoms with van der Waals surface area (Å²) in [7, 11) is -2.21. The summed E-state index contributed by atoms with van der Waals surface area (Å²) in [5.41, 5.74) is 0.744. The molecule has 0 radical (unpaired) electrons. The number of aromatic nitrogens is 2. The zero-order valence-corrected chi connectivity index (χ0v) is 13.6. The van der Waals surface area contributed by atoms with Gasteiger partial charge in [0.15, 0.2) is 0 Å². The monoisotopic (exact) mass is 374 g/mol. The molecule has 0 atom stereocenters. The fraction of sp³-hybridized carbons (Fsp3) is 0.167. The zero-order valence-electron chi connectivity index (χ0n) is 11.2. The van der Waals surface area contributed by atoms with Crippen LogP contribution in [0.4, 0.5) is 16.0 Å². The summed E-state index contributed by atoms with van der Waals surface area (Å²) in [6, 6.07) is 2.60. The van der Waals surface area contributed by atoms with Crippen LogP contribution >= 0.6 is 15.9 Å². The van der Waals surface area contributed by atoms with Gasteiger partial charge < -0.3 is 5.32 Å². The van der Waals surface area contributed by atoms with E-state index in [1.54, 1.807) is 14.0 Å². The average Bonchev–Trinajstić information content (AvgIpc) is 2.44. The van der Waals surface area contributed by atoms with Crippen molar-refractivity contribution in [1.29, 1.82) is 0 Å². The maximum Gasteiger partial charge on any atom is 0.264 e. The summed E-state index contributed by atoms with van der Waals surface area (Å²) in [6.07, 6.45) is 2.38. The molecule has 0 aliphatic rings. The Hall–Kier alpha value is -1.74. The van der Waals surface area contributed by atoms with Gasteiger partial charge >= 0.3 is 0 Å². The largest absolute Gasteiger partial charge is 0.357 e. The minimum Gasteiger partial charge on any atom is -0.357 e. The van der Waals surface area contributed by atoms with E-state index >= 15 is 0 Å². The summed E-state index contributed by atoms with van der Waals surface area (Å²) in [6.45, 7) is 1.61. The van der Waals surface area contributed by atoms with Crippen LogP contribution in [0.5, 0.6) is 0 Å². The van der Waals surface area contributed by atoms with E-state index in [4.69, 9.17) is 0 Å². The van der Waals surface area contributed by atoms with Gasteiger partial charge in [0.25, 0.3) is 10.0 Å². The highest BCUT2D eigenvalue weighted by atomic mass is 79.9. The third-order valence-corrected chi connectivity index (χ3v) is 4.60. The van der Waals surface area contributed by atoms with Gasteiger partial charge in [-0.1, -0.05) is 0 Å². The van der Waals surface area contributed by atoms with E-state index in [9.17, 15) is 12.8 Å². The number of hydrogen-bond acceptors (Lipinski definition) is 5. The van der Waals surface area contributed by atoms with Crippen LogP contribution in [-0.4, -0.2) is 25.4 Å². The first-order valence-corrected chi connectivity index (χ1v) is 8.09. The molecule has 21 heavy (non-hydrogen) atoms. The Morgan fingerprint density at radius 3 is 2.43 bits per heavy atom. The Balaban J connectivity index is 2.34. The van der Waals surface area contributed by atoms with E-state index in [1.807, 2.05) is 0 Å². The van der Waals surface area contributed by atoms with Gasteiger partial charge in [-0.25, -0.2) is 22.8 Å². The lowest BCUT2D eigenvalue weighted by Crippen LogP contribution is -2.15. The van der Waals surface area contributed by atoms with Crippen molar-refractivity contribution < 1.29 is 12.8 Å². The molecule has 2 N–H and O–H groups in total. The van der Waals surface area contributed by atoms with Gasteiger partial charge in [-0.15, -0.1) is 0 Å². The van der Waals surface area contributed by atoms with Gasteiger partial charge in [-0.3, -0.25) is 4.72 Å². The predicted molar refractivity (Wildman–Crippen MR) is 81.2 cm³/mol. The van der Waals surface area contributed by atoms with Gasteiger partial charge in [-0.2, -0.15) is 0 Å². The van der Waals surface area contributed by atoms with Crippen molar-refractivity contribution in [1.82, 2.24) is 9.97 Å². The van der Waals surface area contributed by atoms with Gasteiger partial charge in [0.2, 0.25) is 5.95 Å². The lowest BCUT2D eigenvalue weighted by Gasteiger charge is -2.11. The molecule has 0 saturated heterocycles. The van der Waals surface area contributed by atoms with Crippen LogP contribution in [-0.2, 0) is 10.0 Å². The Kier molecular flexibility index (Phi) is 4.43. The van der Waals surface area contributed by atoms with E-state index in [0.29, 0.717) is 11.5 Å². The Morgan fingerprint density at radius 2 is 1.86 bits per heavy atom. The van der Waals surface area contributed by atoms with E-state index < -0.39 is 15.8 Å². The number of nitrogens with zero attached hydrogens (tertiary/aromatic N) is 2. The number of rotatable bonds is 4. The van der Waals surface area contributed by atoms with Crippen molar-refractivity contribution in [3.63, 3.8) is 0 Å². The number of anilines is 2. The fourth-order valence-electron chi connectivity index (χ4n) is 1.54. The molecule has 0 bridgehead atoms. The van der Waals surface area contributed by atoms with Gasteiger partial charge in [0.05, 0.1) is 22.6 Å². The summed E-state index contributed by atoms with van der Waals surface area (Å²) in [4.78, 5) is 7.61. The smallest absolute Gasteiger partial charge is 0.264 e. The quantitative estimate of drug-likeness (QED) is 0.858. The normalized spacial score (nSPS) is 11.2. The molecule has 1 aromatic heterocycles. The van der Waals surface area contributed by atoms with Crippen molar-refractivity contribution in [3.8, 4) is 0 Å². The van der Waals surface area contributed by atoms with Crippen LogP contribution in [0.25, 0.3) is 0 Å². The number of aryl methyl sites for hydroxylation is 1. The zero-order chi connectivity index (χ0) is 15.6. The van der Waals surface area contributed by atoms with Gasteiger partial charge in [-0.05, 0) is 40.5 Å². The minimum absolute atomic E-state index is 0.0821. The topological polar surface area (TPSA) is 84.0 Å². The molecule has 112 valence electrons. The SMILES string of the molecule is CNc1ncc(S(=O)(=O)Nc2cc(Br)c(F)cc2C)cn1. The molecule has 2 rings (SSSR count). The lowest BCUT2D eigenvalue weighted by molar-refractivity contribution is 0.600. The van der Waals surface area contributed by atoms with Crippen LogP contribution in [0, 0.1) is 12.7 Å². The first-order chi connectivity index (χ1) is 9.83. The number of sulfonamides is 1. The molecule has 0 unspecified atom stereocenters. The molecule has 9 heteroatoms. The molecular weight excluding hydrogens is 363 g/mol. The van der Waals surface area contributed by atoms with Gasteiger partial charge in [0, 0.05) is 7.05 Å². The molecule has 0 aliphatic carbocycles. The van der Waals surface area contributed by atoms with Crippen molar-refractivity contribution in [3.05, 3.63) is 40.4 Å². The lowest BCUT2D eigenvalue weighted by atomic mass is 10.2. The standard InChI is InChI=1S/C12H12BrFN4O2S/c1-7-3-10(14)9(13)4-11(7)18-21(19,20)8-5-16-12(15-2)17-6-8/h3-6,18H,1-2H3,(H,15,16,17). The van der Waals surface area contributed by atoms with Crippen LogP contribution in [0.15, 0.2) is 33.9 Å². The minimum atomic E-state index is -3.84. The molecule has 1 aromatic carbocycles. The number of halogens is 2. The molecular formula is C12H12BrFN4O2S. The van der Waals surface area contributed by atoms with Crippen molar-refractivity contribution >= 4 is 37.6 Å². The highest BCUT2D eigenvalue weighted by Gasteiger charge is 2.17. The first kappa shape index (κ1) is 15.6. The van der Waals surface area contributed by atoms with Crippen molar-refractivity contribution in [2.75, 3.05) is 17.1 Å². The highest BCUT2D eigenvalue weighted by molar-refractivity contribution is 9.10. The number of nitrogens with one attached hydrogen (secondary N) is 2. The molecule has 0 aliphatic heterocycles. The van der Waals surface area contributed by atoms with Crippen molar-refractivity contribution in [2.45, 2.75) is 11.8 Å². The molecule has 1 heterocycles. The second kappa shape index (κ2) is 5.94. The van der Waals surface area contributed by atoms with Crippen molar-refractivity contribution in [2.24, 2.45) is 0 Å². The predicted octanol–water partition coefficient (Wildman–Crippen LogP) is 2.53. The van der Waals surface area contributed by atoms with Crippen LogP contribution in [0.2, 0.25) is 0 Å². The summed E-state index contributed by atoms with van der Waals surface area (Å²) >= 11 is 3.02. The Labute approximate surface area is 130 Å². The summed E-state index contributed by atoms with van der Waals surface area (Å²) < 4.78 is 40.4. The van der Waals surface area contributed by atoms with Crippen LogP contribution in [0.3, 0.4) is 0 Å². The maximum atomic E-state index is 13.3. The first-order valence-electron chi connectivity index (χ1n) is 5.82. The Bertz CT molecular complexity index is 766.